The molecule has 5 nitrogen and oxygen atoms in total. The van der Waals surface area contributed by atoms with Gasteiger partial charge in [0.15, 0.2) is 5.65 Å². The summed E-state index contributed by atoms with van der Waals surface area (Å²) in [4.78, 5) is 19.4. The summed E-state index contributed by atoms with van der Waals surface area (Å²) in [6.45, 7) is 1.96. The normalized spacial score (nSPS) is 15.2. The Bertz CT molecular complexity index is 1020. The van der Waals surface area contributed by atoms with Gasteiger partial charge in [-0.2, -0.15) is 5.10 Å². The fraction of sp³-hybridized carbons (Fsp3) is 0.409. The topological polar surface area (TPSA) is 50.5 Å². The highest BCUT2D eigenvalue weighted by Gasteiger charge is 2.27. The maximum Gasteiger partial charge on any atom is 0.280 e. The molecule has 152 valence electrons. The van der Waals surface area contributed by atoms with Crippen molar-refractivity contribution < 1.29 is 13.6 Å². The summed E-state index contributed by atoms with van der Waals surface area (Å²) in [6, 6.07) is 9.01. The molecule has 2 aromatic heterocycles. The molecule has 1 aliphatic rings. The van der Waals surface area contributed by atoms with Gasteiger partial charge in [0.25, 0.3) is 12.3 Å². The highest BCUT2D eigenvalue weighted by atomic mass is 19.3. The van der Waals surface area contributed by atoms with Crippen LogP contribution in [0.5, 0.6) is 0 Å². The van der Waals surface area contributed by atoms with Crippen molar-refractivity contribution in [3.63, 3.8) is 0 Å². The average Bonchev–Trinajstić information content (AvgIpc) is 3.17. The van der Waals surface area contributed by atoms with Gasteiger partial charge in [-0.25, -0.2) is 18.3 Å². The number of fused-ring (bicyclic) bond motifs is 1. The number of amides is 1. The third-order valence-corrected chi connectivity index (χ3v) is 5.74. The van der Waals surface area contributed by atoms with E-state index in [1.807, 2.05) is 31.2 Å². The summed E-state index contributed by atoms with van der Waals surface area (Å²) in [6.07, 6.45) is 3.94. The Morgan fingerprint density at radius 2 is 1.86 bits per heavy atom. The van der Waals surface area contributed by atoms with Crippen LogP contribution in [-0.4, -0.2) is 38.5 Å². The lowest BCUT2D eigenvalue weighted by atomic mass is 9.94. The number of hydrogen-bond acceptors (Lipinski definition) is 3. The molecule has 1 aliphatic carbocycles. The fourth-order valence-corrected chi connectivity index (χ4v) is 3.99. The maximum absolute atomic E-state index is 13.7. The highest BCUT2D eigenvalue weighted by molar-refractivity contribution is 6.00. The van der Waals surface area contributed by atoms with Crippen LogP contribution in [0.1, 0.15) is 60.1 Å². The first-order valence-corrected chi connectivity index (χ1v) is 9.96. The quantitative estimate of drug-likeness (QED) is 0.618. The third kappa shape index (κ3) is 3.73. The van der Waals surface area contributed by atoms with Gasteiger partial charge >= 0.3 is 0 Å². The van der Waals surface area contributed by atoms with E-state index in [4.69, 9.17) is 0 Å². The smallest absolute Gasteiger partial charge is 0.280 e. The van der Waals surface area contributed by atoms with Crippen molar-refractivity contribution in [1.82, 2.24) is 19.5 Å². The second-order valence-electron chi connectivity index (χ2n) is 7.73. The lowest BCUT2D eigenvalue weighted by molar-refractivity contribution is 0.0698. The molecule has 0 atom stereocenters. The molecule has 1 aromatic carbocycles. The second-order valence-corrected chi connectivity index (χ2v) is 7.73. The summed E-state index contributed by atoms with van der Waals surface area (Å²) in [5, 5.41) is 4.06. The molecule has 0 radical (unpaired) electrons. The molecule has 0 aliphatic heterocycles. The molecule has 2 heterocycles. The van der Waals surface area contributed by atoms with Crippen LogP contribution in [-0.2, 0) is 0 Å². The first-order valence-electron chi connectivity index (χ1n) is 9.96. The Labute approximate surface area is 168 Å². The fourth-order valence-electron chi connectivity index (χ4n) is 3.99. The van der Waals surface area contributed by atoms with Crippen molar-refractivity contribution in [2.75, 3.05) is 7.05 Å². The van der Waals surface area contributed by atoms with E-state index in [1.165, 1.54) is 18.7 Å². The molecule has 1 fully saturated rings. The summed E-state index contributed by atoms with van der Waals surface area (Å²) < 4.78 is 28.6. The zero-order valence-electron chi connectivity index (χ0n) is 16.6. The van der Waals surface area contributed by atoms with Crippen molar-refractivity contribution in [2.24, 2.45) is 0 Å². The van der Waals surface area contributed by atoms with Gasteiger partial charge in [-0.1, -0.05) is 49.1 Å². The van der Waals surface area contributed by atoms with Crippen molar-refractivity contribution in [3.8, 4) is 11.3 Å². The van der Waals surface area contributed by atoms with E-state index in [1.54, 1.807) is 11.9 Å². The molecule has 0 N–H and O–H groups in total. The van der Waals surface area contributed by atoms with Gasteiger partial charge < -0.3 is 4.90 Å². The predicted octanol–water partition coefficient (Wildman–Crippen LogP) is 5.05. The standard InChI is InChI=1S/C22H24F2N4O/c1-14-8-10-15(11-9-14)18-12-19(20(23)24)28-21(26-18)17(13-25-28)22(29)27(2)16-6-4-3-5-7-16/h8-13,16,20H,3-7H2,1-2H3. The lowest BCUT2D eigenvalue weighted by Gasteiger charge is -2.31. The molecule has 1 saturated carbocycles. The summed E-state index contributed by atoms with van der Waals surface area (Å²) >= 11 is 0. The first-order chi connectivity index (χ1) is 14.0. The summed E-state index contributed by atoms with van der Waals surface area (Å²) in [7, 11) is 1.78. The van der Waals surface area contributed by atoms with Crippen LogP contribution in [0.2, 0.25) is 0 Å². The monoisotopic (exact) mass is 398 g/mol. The average molecular weight is 398 g/mol. The Morgan fingerprint density at radius 3 is 2.52 bits per heavy atom. The first kappa shape index (κ1) is 19.5. The van der Waals surface area contributed by atoms with Crippen molar-refractivity contribution in [3.05, 3.63) is 53.3 Å². The SMILES string of the molecule is Cc1ccc(-c2cc(C(F)F)n3ncc(C(=O)N(C)C4CCCCC4)c3n2)cc1. The van der Waals surface area contributed by atoms with Crippen LogP contribution < -0.4 is 0 Å². The van der Waals surface area contributed by atoms with Crippen molar-refractivity contribution in [2.45, 2.75) is 51.5 Å². The minimum atomic E-state index is -2.73. The van der Waals surface area contributed by atoms with Crippen LogP contribution in [0.15, 0.2) is 36.5 Å². The lowest BCUT2D eigenvalue weighted by Crippen LogP contribution is -2.38. The zero-order chi connectivity index (χ0) is 20.5. The summed E-state index contributed by atoms with van der Waals surface area (Å²) in [5.41, 5.74) is 2.35. The Hall–Kier alpha value is -2.83. The minimum Gasteiger partial charge on any atom is -0.339 e. The number of rotatable bonds is 4. The van der Waals surface area contributed by atoms with Crippen LogP contribution in [0.3, 0.4) is 0 Å². The van der Waals surface area contributed by atoms with Gasteiger partial charge in [-0.05, 0) is 25.8 Å². The number of aromatic nitrogens is 3. The number of alkyl halides is 2. The van der Waals surface area contributed by atoms with Crippen molar-refractivity contribution >= 4 is 11.6 Å². The van der Waals surface area contributed by atoms with Gasteiger partial charge in [0.05, 0.1) is 11.9 Å². The highest BCUT2D eigenvalue weighted by Crippen LogP contribution is 2.28. The van der Waals surface area contributed by atoms with E-state index in [-0.39, 0.29) is 28.9 Å². The van der Waals surface area contributed by atoms with Crippen LogP contribution >= 0.6 is 0 Å². The van der Waals surface area contributed by atoms with Gasteiger partial charge in [-0.15, -0.1) is 0 Å². The van der Waals surface area contributed by atoms with Gasteiger partial charge in [0.1, 0.15) is 11.3 Å². The molecule has 0 bridgehead atoms. The van der Waals surface area contributed by atoms with Crippen LogP contribution in [0, 0.1) is 6.92 Å². The molecule has 0 unspecified atom stereocenters. The van der Waals surface area contributed by atoms with Crippen LogP contribution in [0.4, 0.5) is 8.78 Å². The largest absolute Gasteiger partial charge is 0.339 e. The van der Waals surface area contributed by atoms with Gasteiger partial charge in [0.2, 0.25) is 0 Å². The van der Waals surface area contributed by atoms with E-state index >= 15 is 0 Å². The number of halogens is 2. The molecule has 4 rings (SSSR count). The predicted molar refractivity (Wildman–Crippen MR) is 107 cm³/mol. The van der Waals surface area contributed by atoms with E-state index in [0.717, 1.165) is 41.3 Å². The number of carbonyl (C=O) groups excluding carboxylic acids is 1. The second kappa shape index (κ2) is 7.89. The Kier molecular flexibility index (Phi) is 5.30. The number of benzene rings is 1. The van der Waals surface area contributed by atoms with E-state index in [2.05, 4.69) is 10.1 Å². The molecular weight excluding hydrogens is 374 g/mol. The molecule has 0 spiro atoms. The minimum absolute atomic E-state index is 0.168. The molecule has 0 saturated heterocycles. The number of hydrogen-bond donors (Lipinski definition) is 0. The molecule has 1 amide bonds. The van der Waals surface area contributed by atoms with Gasteiger partial charge in [-0.3, -0.25) is 4.79 Å². The zero-order valence-corrected chi connectivity index (χ0v) is 16.6. The number of aryl methyl sites for hydroxylation is 1. The number of carbonyl (C=O) groups is 1. The summed E-state index contributed by atoms with van der Waals surface area (Å²) in [5.74, 6) is -0.222. The molecule has 29 heavy (non-hydrogen) atoms. The van der Waals surface area contributed by atoms with E-state index in [0.29, 0.717) is 5.69 Å². The molecule has 3 aromatic rings. The molecule has 7 heteroatoms. The maximum atomic E-state index is 13.7. The van der Waals surface area contributed by atoms with Crippen LogP contribution in [0.25, 0.3) is 16.9 Å². The Morgan fingerprint density at radius 1 is 1.17 bits per heavy atom. The Balaban J connectivity index is 1.79. The van der Waals surface area contributed by atoms with Crippen molar-refractivity contribution in [1.29, 1.82) is 0 Å². The number of nitrogens with zero attached hydrogens (tertiary/aromatic N) is 4. The van der Waals surface area contributed by atoms with E-state index in [9.17, 15) is 13.6 Å². The van der Waals surface area contributed by atoms with Gasteiger partial charge in [0, 0.05) is 18.7 Å². The molecular formula is C22H24F2N4O. The van der Waals surface area contributed by atoms with E-state index < -0.39 is 6.43 Å². The third-order valence-electron chi connectivity index (χ3n) is 5.74.